The van der Waals surface area contributed by atoms with Gasteiger partial charge in [0.25, 0.3) is 5.91 Å². The SMILES string of the molecule is CC(C)Oc1ccc(C(=O)NC(C)c2cc(F)ccc2N2CCN(C)CC2)cn1. The average Bonchev–Trinajstić information content (AvgIpc) is 2.68. The monoisotopic (exact) mass is 400 g/mol. The van der Waals surface area contributed by atoms with E-state index in [1.54, 1.807) is 18.2 Å². The summed E-state index contributed by atoms with van der Waals surface area (Å²) in [7, 11) is 2.09. The van der Waals surface area contributed by atoms with Crippen molar-refractivity contribution in [1.82, 2.24) is 15.2 Å². The summed E-state index contributed by atoms with van der Waals surface area (Å²) in [4.78, 5) is 21.4. The number of likely N-dealkylation sites (N-methyl/N-ethyl adjacent to an activating group) is 1. The number of carbonyl (C=O) groups is 1. The molecule has 0 bridgehead atoms. The first kappa shape index (κ1) is 21.0. The summed E-state index contributed by atoms with van der Waals surface area (Å²) in [5, 5.41) is 2.96. The van der Waals surface area contributed by atoms with Crippen LogP contribution in [-0.2, 0) is 0 Å². The molecule has 7 heteroatoms. The van der Waals surface area contributed by atoms with E-state index in [9.17, 15) is 9.18 Å². The summed E-state index contributed by atoms with van der Waals surface area (Å²) < 4.78 is 19.5. The number of carbonyl (C=O) groups excluding carboxylic acids is 1. The van der Waals surface area contributed by atoms with Crippen LogP contribution >= 0.6 is 0 Å². The lowest BCUT2D eigenvalue weighted by Gasteiger charge is -2.36. The van der Waals surface area contributed by atoms with Crippen LogP contribution in [-0.4, -0.2) is 55.1 Å². The van der Waals surface area contributed by atoms with Gasteiger partial charge in [0.1, 0.15) is 5.82 Å². The predicted octanol–water partition coefficient (Wildman–Crippen LogP) is 3.25. The molecule has 2 aromatic rings. The van der Waals surface area contributed by atoms with Gasteiger partial charge in [-0.25, -0.2) is 9.37 Å². The summed E-state index contributed by atoms with van der Waals surface area (Å²) >= 11 is 0. The highest BCUT2D eigenvalue weighted by Crippen LogP contribution is 2.28. The van der Waals surface area contributed by atoms with Crippen molar-refractivity contribution in [3.63, 3.8) is 0 Å². The van der Waals surface area contributed by atoms with Gasteiger partial charge in [0, 0.05) is 49.7 Å². The Kier molecular flexibility index (Phi) is 6.69. The van der Waals surface area contributed by atoms with Crippen molar-refractivity contribution in [3.8, 4) is 5.88 Å². The van der Waals surface area contributed by atoms with E-state index in [-0.39, 0.29) is 23.9 Å². The van der Waals surface area contributed by atoms with Gasteiger partial charge in [-0.1, -0.05) is 0 Å². The average molecular weight is 400 g/mol. The van der Waals surface area contributed by atoms with Crippen molar-refractivity contribution < 1.29 is 13.9 Å². The molecule has 6 nitrogen and oxygen atoms in total. The Morgan fingerprint density at radius 3 is 2.48 bits per heavy atom. The molecule has 156 valence electrons. The zero-order chi connectivity index (χ0) is 21.0. The maximum absolute atomic E-state index is 14.0. The van der Waals surface area contributed by atoms with Gasteiger partial charge in [-0.3, -0.25) is 4.79 Å². The number of hydrogen-bond acceptors (Lipinski definition) is 5. The topological polar surface area (TPSA) is 57.7 Å². The number of aromatic nitrogens is 1. The van der Waals surface area contributed by atoms with E-state index in [0.29, 0.717) is 11.4 Å². The van der Waals surface area contributed by atoms with Crippen LogP contribution in [0.4, 0.5) is 10.1 Å². The summed E-state index contributed by atoms with van der Waals surface area (Å²) in [6.07, 6.45) is 1.51. The van der Waals surface area contributed by atoms with Gasteiger partial charge in [0.2, 0.25) is 5.88 Å². The van der Waals surface area contributed by atoms with E-state index in [4.69, 9.17) is 4.74 Å². The molecule has 1 fully saturated rings. The zero-order valence-corrected chi connectivity index (χ0v) is 17.5. The van der Waals surface area contributed by atoms with Crippen molar-refractivity contribution in [1.29, 1.82) is 0 Å². The van der Waals surface area contributed by atoms with Crippen LogP contribution in [0.3, 0.4) is 0 Å². The minimum atomic E-state index is -0.348. The van der Waals surface area contributed by atoms with E-state index in [0.717, 1.165) is 37.4 Å². The van der Waals surface area contributed by atoms with E-state index < -0.39 is 0 Å². The Hall–Kier alpha value is -2.67. The van der Waals surface area contributed by atoms with Gasteiger partial charge in [-0.05, 0) is 52.1 Å². The fourth-order valence-corrected chi connectivity index (χ4v) is 3.39. The standard InChI is InChI=1S/C22H29FN4O2/c1-15(2)29-21-8-5-17(14-24-21)22(28)25-16(3)19-13-18(23)6-7-20(19)27-11-9-26(4)10-12-27/h5-8,13-16H,9-12H2,1-4H3,(H,25,28). The molecule has 1 atom stereocenters. The molecule has 29 heavy (non-hydrogen) atoms. The Balaban J connectivity index is 1.73. The van der Waals surface area contributed by atoms with Crippen LogP contribution in [0.25, 0.3) is 0 Å². The molecular weight excluding hydrogens is 371 g/mol. The second kappa shape index (κ2) is 9.22. The highest BCUT2D eigenvalue weighted by molar-refractivity contribution is 5.94. The Labute approximate surface area is 171 Å². The van der Waals surface area contributed by atoms with Crippen LogP contribution in [0, 0.1) is 5.82 Å². The highest BCUT2D eigenvalue weighted by atomic mass is 19.1. The van der Waals surface area contributed by atoms with E-state index >= 15 is 0 Å². The molecule has 1 aliphatic heterocycles. The molecule has 1 aromatic heterocycles. The smallest absolute Gasteiger partial charge is 0.253 e. The Morgan fingerprint density at radius 2 is 1.86 bits per heavy atom. The number of anilines is 1. The fourth-order valence-electron chi connectivity index (χ4n) is 3.39. The molecule has 0 spiro atoms. The Morgan fingerprint density at radius 1 is 1.14 bits per heavy atom. The van der Waals surface area contributed by atoms with Gasteiger partial charge >= 0.3 is 0 Å². The van der Waals surface area contributed by atoms with Crippen molar-refractivity contribution in [2.75, 3.05) is 38.1 Å². The van der Waals surface area contributed by atoms with Gasteiger partial charge in [0.05, 0.1) is 17.7 Å². The number of benzene rings is 1. The van der Waals surface area contributed by atoms with Crippen molar-refractivity contribution in [2.24, 2.45) is 0 Å². The minimum absolute atomic E-state index is 0.0168. The predicted molar refractivity (Wildman–Crippen MR) is 112 cm³/mol. The molecule has 1 N–H and O–H groups in total. The molecule has 0 radical (unpaired) electrons. The molecule has 1 aliphatic rings. The lowest BCUT2D eigenvalue weighted by atomic mass is 10.0. The number of rotatable bonds is 6. The van der Waals surface area contributed by atoms with Crippen molar-refractivity contribution in [2.45, 2.75) is 32.9 Å². The number of piperazine rings is 1. The van der Waals surface area contributed by atoms with Gasteiger partial charge in [-0.15, -0.1) is 0 Å². The number of nitrogens with one attached hydrogen (secondary N) is 1. The van der Waals surface area contributed by atoms with Gasteiger partial charge in [-0.2, -0.15) is 0 Å². The molecule has 1 aromatic carbocycles. The van der Waals surface area contributed by atoms with Crippen LogP contribution in [0.1, 0.15) is 42.7 Å². The lowest BCUT2D eigenvalue weighted by Crippen LogP contribution is -2.45. The molecule has 0 saturated carbocycles. The second-order valence-electron chi connectivity index (χ2n) is 7.74. The maximum atomic E-state index is 14.0. The minimum Gasteiger partial charge on any atom is -0.475 e. The molecule has 1 saturated heterocycles. The van der Waals surface area contributed by atoms with Crippen molar-refractivity contribution in [3.05, 3.63) is 53.5 Å². The first-order valence-electron chi connectivity index (χ1n) is 10.00. The molecule has 3 rings (SSSR count). The second-order valence-corrected chi connectivity index (χ2v) is 7.74. The number of ether oxygens (including phenoxy) is 1. The number of amides is 1. The quantitative estimate of drug-likeness (QED) is 0.807. The largest absolute Gasteiger partial charge is 0.475 e. The van der Waals surface area contributed by atoms with E-state index in [1.165, 1.54) is 18.3 Å². The number of hydrogen-bond donors (Lipinski definition) is 1. The lowest BCUT2D eigenvalue weighted by molar-refractivity contribution is 0.0939. The van der Waals surface area contributed by atoms with E-state index in [2.05, 4.69) is 27.1 Å². The third-order valence-electron chi connectivity index (χ3n) is 5.00. The first-order valence-corrected chi connectivity index (χ1v) is 10.00. The number of pyridine rings is 1. The summed E-state index contributed by atoms with van der Waals surface area (Å²) in [5.74, 6) is -0.0856. The van der Waals surface area contributed by atoms with Gasteiger partial charge < -0.3 is 19.9 Å². The zero-order valence-electron chi connectivity index (χ0n) is 17.5. The van der Waals surface area contributed by atoms with Crippen LogP contribution in [0.5, 0.6) is 5.88 Å². The molecule has 1 unspecified atom stereocenters. The maximum Gasteiger partial charge on any atom is 0.253 e. The summed E-state index contributed by atoms with van der Waals surface area (Å²) in [6, 6.07) is 7.80. The first-order chi connectivity index (χ1) is 13.8. The Bertz CT molecular complexity index is 833. The molecule has 1 amide bonds. The number of halogens is 1. The molecule has 0 aliphatic carbocycles. The van der Waals surface area contributed by atoms with Gasteiger partial charge in [0.15, 0.2) is 0 Å². The van der Waals surface area contributed by atoms with E-state index in [1.807, 2.05) is 20.8 Å². The summed E-state index contributed by atoms with van der Waals surface area (Å²) in [5.41, 5.74) is 2.17. The third-order valence-corrected chi connectivity index (χ3v) is 5.00. The number of nitrogens with zero attached hydrogens (tertiary/aromatic N) is 3. The van der Waals surface area contributed by atoms with Crippen LogP contribution < -0.4 is 15.0 Å². The molecule has 2 heterocycles. The summed E-state index contributed by atoms with van der Waals surface area (Å²) in [6.45, 7) is 9.36. The molecular formula is C22H29FN4O2. The third kappa shape index (κ3) is 5.44. The van der Waals surface area contributed by atoms with Crippen LogP contribution in [0.2, 0.25) is 0 Å². The van der Waals surface area contributed by atoms with Crippen molar-refractivity contribution >= 4 is 11.6 Å². The van der Waals surface area contributed by atoms with Crippen LogP contribution in [0.15, 0.2) is 36.5 Å². The highest BCUT2D eigenvalue weighted by Gasteiger charge is 2.21. The fraction of sp³-hybridized carbons (Fsp3) is 0.455. The normalized spacial score (nSPS) is 16.0.